The van der Waals surface area contributed by atoms with E-state index in [9.17, 15) is 14.4 Å². The van der Waals surface area contributed by atoms with Crippen molar-refractivity contribution in [2.24, 2.45) is 0 Å². The molecule has 1 amide bonds. The molecule has 0 saturated heterocycles. The number of carbonyl (C=O) groups excluding carboxylic acids is 3. The number of nitrogens with zero attached hydrogens (tertiary/aromatic N) is 1. The van der Waals surface area contributed by atoms with Crippen molar-refractivity contribution in [3.63, 3.8) is 0 Å². The number of hydrogen-bond donors (Lipinski definition) is 0. The summed E-state index contributed by atoms with van der Waals surface area (Å²) in [4.78, 5) is 39.2. The van der Waals surface area contributed by atoms with Gasteiger partial charge in [-0.05, 0) is 18.4 Å². The SMILES string of the molecule is CCOC1C(=O)N(c2cccc3ccccc23)C(C(=O)OC)=C1C(=O)OC. The highest BCUT2D eigenvalue weighted by molar-refractivity contribution is 6.22. The van der Waals surface area contributed by atoms with Gasteiger partial charge in [0.2, 0.25) is 0 Å². The van der Waals surface area contributed by atoms with Crippen LogP contribution in [0.5, 0.6) is 0 Å². The predicted octanol–water partition coefficient (Wildman–Crippen LogP) is 2.19. The molecule has 0 saturated carbocycles. The van der Waals surface area contributed by atoms with Gasteiger partial charge in [0.1, 0.15) is 11.3 Å². The Morgan fingerprint density at radius 1 is 1.00 bits per heavy atom. The Hall–Kier alpha value is -3.19. The molecule has 27 heavy (non-hydrogen) atoms. The maximum Gasteiger partial charge on any atom is 0.355 e. The van der Waals surface area contributed by atoms with Crippen LogP contribution in [0.15, 0.2) is 53.7 Å². The fourth-order valence-electron chi connectivity index (χ4n) is 3.17. The molecule has 0 fully saturated rings. The molecule has 0 aliphatic carbocycles. The van der Waals surface area contributed by atoms with Gasteiger partial charge in [-0.1, -0.05) is 36.4 Å². The van der Waals surface area contributed by atoms with Crippen LogP contribution in [-0.4, -0.2) is 44.8 Å². The zero-order chi connectivity index (χ0) is 19.6. The molecule has 0 N–H and O–H groups in total. The average molecular weight is 369 g/mol. The van der Waals surface area contributed by atoms with Gasteiger partial charge < -0.3 is 14.2 Å². The molecule has 2 aromatic rings. The Morgan fingerprint density at radius 3 is 2.33 bits per heavy atom. The van der Waals surface area contributed by atoms with Crippen LogP contribution in [-0.2, 0) is 28.6 Å². The van der Waals surface area contributed by atoms with Gasteiger partial charge in [-0.2, -0.15) is 0 Å². The zero-order valence-electron chi connectivity index (χ0n) is 15.2. The Bertz CT molecular complexity index is 943. The smallest absolute Gasteiger partial charge is 0.355 e. The quantitative estimate of drug-likeness (QED) is 0.752. The number of rotatable bonds is 5. The first-order valence-corrected chi connectivity index (χ1v) is 8.39. The highest BCUT2D eigenvalue weighted by atomic mass is 16.5. The fraction of sp³-hybridized carbons (Fsp3) is 0.250. The topological polar surface area (TPSA) is 82.1 Å². The summed E-state index contributed by atoms with van der Waals surface area (Å²) in [6.45, 7) is 1.87. The molecule has 1 atom stereocenters. The Balaban J connectivity index is 2.29. The van der Waals surface area contributed by atoms with Gasteiger partial charge in [0.15, 0.2) is 6.10 Å². The molecule has 0 spiro atoms. The maximum atomic E-state index is 13.1. The molecular formula is C20H19NO6. The molecule has 0 radical (unpaired) electrons. The summed E-state index contributed by atoms with van der Waals surface area (Å²) < 4.78 is 15.1. The van der Waals surface area contributed by atoms with Crippen LogP contribution >= 0.6 is 0 Å². The summed E-state index contributed by atoms with van der Waals surface area (Å²) in [7, 11) is 2.36. The summed E-state index contributed by atoms with van der Waals surface area (Å²) in [6.07, 6.45) is -1.24. The fourth-order valence-corrected chi connectivity index (χ4v) is 3.17. The molecule has 7 nitrogen and oxygen atoms in total. The molecule has 1 heterocycles. The van der Waals surface area contributed by atoms with Crippen molar-refractivity contribution in [2.75, 3.05) is 25.7 Å². The lowest BCUT2D eigenvalue weighted by Crippen LogP contribution is -2.35. The number of methoxy groups -OCH3 is 2. The van der Waals surface area contributed by atoms with E-state index in [0.29, 0.717) is 5.69 Å². The van der Waals surface area contributed by atoms with Crippen LogP contribution in [0.3, 0.4) is 0 Å². The van der Waals surface area contributed by atoms with Crippen LogP contribution < -0.4 is 4.90 Å². The van der Waals surface area contributed by atoms with E-state index < -0.39 is 23.9 Å². The summed E-state index contributed by atoms with van der Waals surface area (Å²) >= 11 is 0. The van der Waals surface area contributed by atoms with Gasteiger partial charge in [-0.25, -0.2) is 9.59 Å². The molecule has 2 aromatic carbocycles. The normalized spacial score (nSPS) is 16.8. The summed E-state index contributed by atoms with van der Waals surface area (Å²) in [5, 5.41) is 1.63. The van der Waals surface area contributed by atoms with E-state index in [2.05, 4.69) is 0 Å². The second kappa shape index (κ2) is 7.59. The Labute approximate surface area is 156 Å². The molecular weight excluding hydrogens is 350 g/mol. The first-order chi connectivity index (χ1) is 13.0. The number of carbonyl (C=O) groups is 3. The van der Waals surface area contributed by atoms with E-state index >= 15 is 0 Å². The molecule has 1 aliphatic rings. The van der Waals surface area contributed by atoms with Crippen LogP contribution in [0.1, 0.15) is 6.92 Å². The van der Waals surface area contributed by atoms with Gasteiger partial charge in [-0.3, -0.25) is 9.69 Å². The highest BCUT2D eigenvalue weighted by Crippen LogP contribution is 2.37. The highest BCUT2D eigenvalue weighted by Gasteiger charge is 2.48. The van der Waals surface area contributed by atoms with Crippen LogP contribution in [0.2, 0.25) is 0 Å². The second-order valence-electron chi connectivity index (χ2n) is 5.75. The van der Waals surface area contributed by atoms with Crippen molar-refractivity contribution < 1.29 is 28.6 Å². The predicted molar refractivity (Wildman–Crippen MR) is 97.9 cm³/mol. The summed E-state index contributed by atoms with van der Waals surface area (Å²) in [5.74, 6) is -2.18. The Kier molecular flexibility index (Phi) is 5.23. The lowest BCUT2D eigenvalue weighted by atomic mass is 10.1. The molecule has 140 valence electrons. The molecule has 1 unspecified atom stereocenters. The number of ether oxygens (including phenoxy) is 3. The van der Waals surface area contributed by atoms with E-state index in [0.717, 1.165) is 10.8 Å². The van der Waals surface area contributed by atoms with Gasteiger partial charge in [0.25, 0.3) is 5.91 Å². The van der Waals surface area contributed by atoms with Gasteiger partial charge in [0.05, 0.1) is 19.9 Å². The van der Waals surface area contributed by atoms with Crippen molar-refractivity contribution >= 4 is 34.3 Å². The lowest BCUT2D eigenvalue weighted by Gasteiger charge is -2.21. The number of benzene rings is 2. The van der Waals surface area contributed by atoms with Crippen molar-refractivity contribution in [1.82, 2.24) is 0 Å². The van der Waals surface area contributed by atoms with E-state index in [-0.39, 0.29) is 17.9 Å². The van der Waals surface area contributed by atoms with Crippen molar-refractivity contribution in [3.8, 4) is 0 Å². The largest absolute Gasteiger partial charge is 0.466 e. The third-order valence-electron chi connectivity index (χ3n) is 4.31. The number of fused-ring (bicyclic) bond motifs is 1. The first kappa shape index (κ1) is 18.6. The summed E-state index contributed by atoms with van der Waals surface area (Å²) in [6, 6.07) is 12.8. The third-order valence-corrected chi connectivity index (χ3v) is 4.31. The van der Waals surface area contributed by atoms with Crippen LogP contribution in [0.25, 0.3) is 10.8 Å². The van der Waals surface area contributed by atoms with Crippen molar-refractivity contribution in [2.45, 2.75) is 13.0 Å². The van der Waals surface area contributed by atoms with E-state index in [4.69, 9.17) is 14.2 Å². The van der Waals surface area contributed by atoms with E-state index in [1.165, 1.54) is 19.1 Å². The minimum Gasteiger partial charge on any atom is -0.466 e. The lowest BCUT2D eigenvalue weighted by molar-refractivity contribution is -0.140. The Morgan fingerprint density at radius 2 is 1.67 bits per heavy atom. The van der Waals surface area contributed by atoms with Crippen molar-refractivity contribution in [3.05, 3.63) is 53.7 Å². The molecule has 0 aromatic heterocycles. The van der Waals surface area contributed by atoms with Gasteiger partial charge >= 0.3 is 11.9 Å². The molecule has 7 heteroatoms. The molecule has 1 aliphatic heterocycles. The number of esters is 2. The minimum atomic E-state index is -1.24. The second-order valence-corrected chi connectivity index (χ2v) is 5.75. The van der Waals surface area contributed by atoms with Gasteiger partial charge in [0, 0.05) is 12.0 Å². The number of hydrogen-bond acceptors (Lipinski definition) is 6. The van der Waals surface area contributed by atoms with Gasteiger partial charge in [-0.15, -0.1) is 0 Å². The maximum absolute atomic E-state index is 13.1. The zero-order valence-corrected chi connectivity index (χ0v) is 15.2. The first-order valence-electron chi connectivity index (χ1n) is 8.39. The van der Waals surface area contributed by atoms with Crippen LogP contribution in [0.4, 0.5) is 5.69 Å². The molecule has 0 bridgehead atoms. The van der Waals surface area contributed by atoms with Crippen LogP contribution in [0, 0.1) is 0 Å². The van der Waals surface area contributed by atoms with Crippen molar-refractivity contribution in [1.29, 1.82) is 0 Å². The monoisotopic (exact) mass is 369 g/mol. The number of anilines is 1. The van der Waals surface area contributed by atoms with E-state index in [1.54, 1.807) is 19.1 Å². The third kappa shape index (κ3) is 3.06. The molecule has 3 rings (SSSR count). The average Bonchev–Trinajstić information content (AvgIpc) is 2.99. The number of amides is 1. The minimum absolute atomic E-state index is 0.163. The standard InChI is InChI=1S/C20H19NO6/c1-4-27-17-15(19(23)25-2)16(20(24)26-3)21(18(17)22)14-11-7-9-12-8-5-6-10-13(12)14/h5-11,17H,4H2,1-3H3. The van der Waals surface area contributed by atoms with E-state index in [1.807, 2.05) is 30.3 Å². The summed E-state index contributed by atoms with van der Waals surface area (Å²) in [5.41, 5.74) is 0.107.